The van der Waals surface area contributed by atoms with Crippen LogP contribution in [-0.4, -0.2) is 28.6 Å². The van der Waals surface area contributed by atoms with Gasteiger partial charge in [0.1, 0.15) is 18.1 Å². The van der Waals surface area contributed by atoms with Gasteiger partial charge in [0.2, 0.25) is 0 Å². The summed E-state index contributed by atoms with van der Waals surface area (Å²) in [5.74, 6) is 1.35. The van der Waals surface area contributed by atoms with Gasteiger partial charge in [0.15, 0.2) is 5.69 Å². The molecule has 1 aromatic heterocycles. The minimum Gasteiger partial charge on any atom is -0.491 e. The lowest BCUT2D eigenvalue weighted by molar-refractivity contribution is 0.0581. The summed E-state index contributed by atoms with van der Waals surface area (Å²) in [7, 11) is 0. The van der Waals surface area contributed by atoms with Gasteiger partial charge in [-0.15, -0.1) is 0 Å². The molecule has 0 bridgehead atoms. The van der Waals surface area contributed by atoms with Crippen molar-refractivity contribution in [3.8, 4) is 5.75 Å². The number of amides is 1. The normalized spacial score (nSPS) is 15.7. The molecule has 1 aliphatic heterocycles. The van der Waals surface area contributed by atoms with E-state index in [1.54, 1.807) is 6.07 Å². The summed E-state index contributed by atoms with van der Waals surface area (Å²) in [5, 5.41) is 7.63. The molecule has 0 aliphatic carbocycles. The van der Waals surface area contributed by atoms with E-state index in [4.69, 9.17) is 9.26 Å². The van der Waals surface area contributed by atoms with Gasteiger partial charge in [-0.2, -0.15) is 0 Å². The van der Waals surface area contributed by atoms with E-state index in [0.717, 1.165) is 28.1 Å². The van der Waals surface area contributed by atoms with Crippen molar-refractivity contribution in [1.82, 2.24) is 10.1 Å². The Hall–Kier alpha value is -4.06. The molecule has 1 atom stereocenters. The zero-order valence-electron chi connectivity index (χ0n) is 19.8. The van der Waals surface area contributed by atoms with Gasteiger partial charge in [-0.25, -0.2) is 0 Å². The smallest absolute Gasteiger partial charge is 0.276 e. The first kappa shape index (κ1) is 22.7. The quantitative estimate of drug-likeness (QED) is 0.430. The highest BCUT2D eigenvalue weighted by molar-refractivity contribution is 5.92. The Morgan fingerprint density at radius 3 is 2.54 bits per heavy atom. The second-order valence-electron chi connectivity index (χ2n) is 8.74. The van der Waals surface area contributed by atoms with Crippen LogP contribution in [0.1, 0.15) is 39.9 Å². The number of anilines is 1. The number of ether oxygens (including phenoxy) is 1. The Labute approximate surface area is 205 Å². The zero-order valence-corrected chi connectivity index (χ0v) is 19.8. The van der Waals surface area contributed by atoms with Crippen LogP contribution in [0.3, 0.4) is 0 Å². The van der Waals surface area contributed by atoms with Crippen molar-refractivity contribution in [2.75, 3.05) is 11.9 Å². The van der Waals surface area contributed by atoms with E-state index in [-0.39, 0.29) is 11.9 Å². The number of aromatic nitrogens is 1. The molecular formula is C29H29N3O3. The topological polar surface area (TPSA) is 67.6 Å². The number of fused-ring (bicyclic) bond motifs is 2. The first-order chi connectivity index (χ1) is 17.2. The number of benzene rings is 3. The van der Waals surface area contributed by atoms with Crippen LogP contribution in [0, 0.1) is 0 Å². The molecule has 178 valence electrons. The number of carbonyl (C=O) groups is 1. The van der Waals surface area contributed by atoms with Crippen molar-refractivity contribution in [3.05, 3.63) is 113 Å². The van der Waals surface area contributed by atoms with E-state index in [1.807, 2.05) is 60.4 Å². The third-order valence-electron chi connectivity index (χ3n) is 6.37. The van der Waals surface area contributed by atoms with Crippen molar-refractivity contribution in [1.29, 1.82) is 0 Å². The van der Waals surface area contributed by atoms with Crippen molar-refractivity contribution >= 4 is 11.6 Å². The predicted octanol–water partition coefficient (Wildman–Crippen LogP) is 5.50. The Bertz CT molecular complexity index is 1290. The molecule has 2 heterocycles. The standard InChI is InChI=1S/C29H29N3O3/c1-2-25-17-27(31-35-25)29(33)32-19-23-13-6-8-14-26(23)30-18-22-12-7-9-15-28(22)34-20-24(32)16-21-10-4-3-5-11-21/h3-15,17,24,30H,2,16,18-20H2,1H3/t24-/m0/s1. The summed E-state index contributed by atoms with van der Waals surface area (Å²) in [6.07, 6.45) is 1.34. The van der Waals surface area contributed by atoms with Gasteiger partial charge in [-0.3, -0.25) is 4.79 Å². The van der Waals surface area contributed by atoms with E-state index in [1.165, 1.54) is 0 Å². The highest BCUT2D eigenvalue weighted by atomic mass is 16.5. The Balaban J connectivity index is 1.58. The molecule has 0 radical (unpaired) electrons. The number of aryl methyl sites for hydroxylation is 1. The van der Waals surface area contributed by atoms with Gasteiger partial charge in [0.05, 0.1) is 6.04 Å². The van der Waals surface area contributed by atoms with Crippen molar-refractivity contribution < 1.29 is 14.1 Å². The van der Waals surface area contributed by atoms with Crippen LogP contribution in [0.25, 0.3) is 0 Å². The van der Waals surface area contributed by atoms with Crippen LogP contribution in [0.15, 0.2) is 89.5 Å². The second-order valence-corrected chi connectivity index (χ2v) is 8.74. The number of rotatable bonds is 4. The summed E-state index contributed by atoms with van der Waals surface area (Å²) in [6, 6.07) is 27.9. The molecule has 0 unspecified atom stereocenters. The molecule has 0 fully saturated rings. The molecule has 35 heavy (non-hydrogen) atoms. The highest BCUT2D eigenvalue weighted by Gasteiger charge is 2.29. The second kappa shape index (κ2) is 10.5. The van der Waals surface area contributed by atoms with Crippen LogP contribution in [0.5, 0.6) is 5.75 Å². The van der Waals surface area contributed by atoms with Gasteiger partial charge in [0.25, 0.3) is 5.91 Å². The van der Waals surface area contributed by atoms with Crippen LogP contribution < -0.4 is 10.1 Å². The number of hydrogen-bond donors (Lipinski definition) is 1. The number of nitrogens with one attached hydrogen (secondary N) is 1. The van der Waals surface area contributed by atoms with E-state index >= 15 is 0 Å². The third kappa shape index (κ3) is 5.22. The molecule has 3 aromatic carbocycles. The van der Waals surface area contributed by atoms with Gasteiger partial charge >= 0.3 is 0 Å². The Kier molecular flexibility index (Phi) is 6.80. The fourth-order valence-corrected chi connectivity index (χ4v) is 4.42. The van der Waals surface area contributed by atoms with E-state index in [0.29, 0.717) is 44.0 Å². The fourth-order valence-electron chi connectivity index (χ4n) is 4.42. The van der Waals surface area contributed by atoms with Crippen molar-refractivity contribution in [2.45, 2.75) is 38.9 Å². The summed E-state index contributed by atoms with van der Waals surface area (Å²) in [4.78, 5) is 15.7. The van der Waals surface area contributed by atoms with Gasteiger partial charge in [0, 0.05) is 36.8 Å². The number of hydrogen-bond acceptors (Lipinski definition) is 5. The SMILES string of the molecule is CCc1cc(C(=O)N2Cc3ccccc3NCc3ccccc3OC[C@@H]2Cc2ccccc2)no1. The van der Waals surface area contributed by atoms with Crippen LogP contribution >= 0.6 is 0 Å². The molecule has 0 saturated carbocycles. The third-order valence-corrected chi connectivity index (χ3v) is 6.37. The molecule has 6 heteroatoms. The molecule has 1 amide bonds. The maximum Gasteiger partial charge on any atom is 0.276 e. The molecule has 1 N–H and O–H groups in total. The van der Waals surface area contributed by atoms with Crippen molar-refractivity contribution in [3.63, 3.8) is 0 Å². The molecule has 1 aliphatic rings. The molecule has 5 rings (SSSR count). The molecular weight excluding hydrogens is 438 g/mol. The monoisotopic (exact) mass is 467 g/mol. The van der Waals surface area contributed by atoms with Crippen LogP contribution in [0.2, 0.25) is 0 Å². The average Bonchev–Trinajstić information content (AvgIpc) is 3.38. The minimum absolute atomic E-state index is 0.166. The Morgan fingerprint density at radius 1 is 1.00 bits per heavy atom. The first-order valence-corrected chi connectivity index (χ1v) is 12.0. The molecule has 0 saturated heterocycles. The molecule has 6 nitrogen and oxygen atoms in total. The lowest BCUT2D eigenvalue weighted by Crippen LogP contribution is -2.44. The van der Waals surface area contributed by atoms with Gasteiger partial charge < -0.3 is 19.5 Å². The van der Waals surface area contributed by atoms with E-state index < -0.39 is 0 Å². The number of para-hydroxylation sites is 2. The van der Waals surface area contributed by atoms with Crippen LogP contribution in [0.4, 0.5) is 5.69 Å². The van der Waals surface area contributed by atoms with Crippen molar-refractivity contribution in [2.24, 2.45) is 0 Å². The summed E-state index contributed by atoms with van der Waals surface area (Å²) < 4.78 is 11.7. The minimum atomic E-state index is -0.217. The first-order valence-electron chi connectivity index (χ1n) is 12.0. The lowest BCUT2D eigenvalue weighted by Gasteiger charge is -2.32. The summed E-state index contributed by atoms with van der Waals surface area (Å²) in [5.41, 5.74) is 4.57. The van der Waals surface area contributed by atoms with E-state index in [9.17, 15) is 4.79 Å². The van der Waals surface area contributed by atoms with Gasteiger partial charge in [-0.1, -0.05) is 78.8 Å². The summed E-state index contributed by atoms with van der Waals surface area (Å²) in [6.45, 7) is 3.40. The van der Waals surface area contributed by atoms with Gasteiger partial charge in [-0.05, 0) is 29.7 Å². The highest BCUT2D eigenvalue weighted by Crippen LogP contribution is 2.27. The van der Waals surface area contributed by atoms with E-state index in [2.05, 4.69) is 40.8 Å². The maximum atomic E-state index is 13.9. The maximum absolute atomic E-state index is 13.9. The zero-order chi connectivity index (χ0) is 24.0. The summed E-state index contributed by atoms with van der Waals surface area (Å²) >= 11 is 0. The Morgan fingerprint density at radius 2 is 1.74 bits per heavy atom. The van der Waals surface area contributed by atoms with Crippen LogP contribution in [-0.2, 0) is 25.9 Å². The largest absolute Gasteiger partial charge is 0.491 e. The lowest BCUT2D eigenvalue weighted by atomic mass is 10.0. The number of nitrogens with zero attached hydrogens (tertiary/aromatic N) is 2. The molecule has 4 aromatic rings. The number of carbonyl (C=O) groups excluding carboxylic acids is 1. The fraction of sp³-hybridized carbons (Fsp3) is 0.241. The predicted molar refractivity (Wildman–Crippen MR) is 135 cm³/mol. The molecule has 0 spiro atoms. The average molecular weight is 468 g/mol.